The van der Waals surface area contributed by atoms with Crippen molar-refractivity contribution in [1.82, 2.24) is 4.90 Å². The molecule has 2 nitrogen and oxygen atoms in total. The first kappa shape index (κ1) is 12.2. The SMILES string of the molecule is CCCC1(O)CN(Cc2ccc3c(c2)CCC3)C1. The van der Waals surface area contributed by atoms with E-state index in [-0.39, 0.29) is 0 Å². The first-order valence-corrected chi connectivity index (χ1v) is 7.24. The molecule has 3 rings (SSSR count). The van der Waals surface area contributed by atoms with Crippen molar-refractivity contribution in [2.75, 3.05) is 13.1 Å². The first-order valence-electron chi connectivity index (χ1n) is 7.24. The lowest BCUT2D eigenvalue weighted by Crippen LogP contribution is -2.60. The molecule has 1 saturated heterocycles. The van der Waals surface area contributed by atoms with Crippen molar-refractivity contribution in [3.05, 3.63) is 34.9 Å². The monoisotopic (exact) mass is 245 g/mol. The highest BCUT2D eigenvalue weighted by Gasteiger charge is 2.39. The zero-order chi connectivity index (χ0) is 12.6. The van der Waals surface area contributed by atoms with Crippen molar-refractivity contribution >= 4 is 0 Å². The Morgan fingerprint density at radius 3 is 2.78 bits per heavy atom. The summed E-state index contributed by atoms with van der Waals surface area (Å²) in [4.78, 5) is 2.35. The number of likely N-dealkylation sites (tertiary alicyclic amines) is 1. The molecule has 98 valence electrons. The Morgan fingerprint density at radius 1 is 1.22 bits per heavy atom. The molecule has 0 amide bonds. The number of aryl methyl sites for hydroxylation is 2. The molecular formula is C16H23NO. The van der Waals surface area contributed by atoms with Crippen LogP contribution in [-0.4, -0.2) is 28.7 Å². The fraction of sp³-hybridized carbons (Fsp3) is 0.625. The van der Waals surface area contributed by atoms with E-state index in [4.69, 9.17) is 0 Å². The van der Waals surface area contributed by atoms with Crippen LogP contribution in [-0.2, 0) is 19.4 Å². The zero-order valence-electron chi connectivity index (χ0n) is 11.3. The zero-order valence-corrected chi connectivity index (χ0v) is 11.3. The third-order valence-electron chi connectivity index (χ3n) is 4.32. The van der Waals surface area contributed by atoms with Gasteiger partial charge in [0.1, 0.15) is 0 Å². The molecule has 18 heavy (non-hydrogen) atoms. The van der Waals surface area contributed by atoms with Crippen LogP contribution in [0.2, 0.25) is 0 Å². The van der Waals surface area contributed by atoms with Crippen LogP contribution in [0, 0.1) is 0 Å². The third-order valence-corrected chi connectivity index (χ3v) is 4.32. The van der Waals surface area contributed by atoms with E-state index >= 15 is 0 Å². The fourth-order valence-corrected chi connectivity index (χ4v) is 3.50. The Labute approximate surface area is 110 Å². The molecule has 1 aromatic rings. The summed E-state index contributed by atoms with van der Waals surface area (Å²) in [5.41, 5.74) is 4.11. The average Bonchev–Trinajstić information content (AvgIpc) is 2.74. The Morgan fingerprint density at radius 2 is 2.00 bits per heavy atom. The van der Waals surface area contributed by atoms with E-state index in [1.54, 1.807) is 11.1 Å². The van der Waals surface area contributed by atoms with E-state index in [9.17, 15) is 5.11 Å². The first-order chi connectivity index (χ1) is 8.68. The van der Waals surface area contributed by atoms with Crippen molar-refractivity contribution in [3.8, 4) is 0 Å². The smallest absolute Gasteiger partial charge is 0.0900 e. The molecule has 0 bridgehead atoms. The molecule has 1 aliphatic heterocycles. The van der Waals surface area contributed by atoms with Crippen LogP contribution < -0.4 is 0 Å². The van der Waals surface area contributed by atoms with Crippen molar-refractivity contribution in [1.29, 1.82) is 0 Å². The van der Waals surface area contributed by atoms with Crippen LogP contribution in [0.1, 0.15) is 42.9 Å². The lowest BCUT2D eigenvalue weighted by Gasteiger charge is -2.46. The average molecular weight is 245 g/mol. The van der Waals surface area contributed by atoms with Crippen molar-refractivity contribution in [3.63, 3.8) is 0 Å². The predicted octanol–water partition coefficient (Wildman–Crippen LogP) is 2.52. The van der Waals surface area contributed by atoms with Crippen molar-refractivity contribution < 1.29 is 5.11 Å². The van der Waals surface area contributed by atoms with Gasteiger partial charge in [-0.1, -0.05) is 31.5 Å². The van der Waals surface area contributed by atoms with Crippen molar-refractivity contribution in [2.24, 2.45) is 0 Å². The van der Waals surface area contributed by atoms with E-state index in [2.05, 4.69) is 30.0 Å². The number of aliphatic hydroxyl groups is 1. The standard InChI is InChI=1S/C16H23NO/c1-2-8-16(18)11-17(12-16)10-13-6-7-14-4-3-5-15(14)9-13/h6-7,9,18H,2-5,8,10-12H2,1H3. The highest BCUT2D eigenvalue weighted by atomic mass is 16.3. The van der Waals surface area contributed by atoms with Gasteiger partial charge in [0.05, 0.1) is 5.60 Å². The normalized spacial score (nSPS) is 21.7. The summed E-state index contributed by atoms with van der Waals surface area (Å²) in [7, 11) is 0. The molecule has 1 N–H and O–H groups in total. The highest BCUT2D eigenvalue weighted by molar-refractivity contribution is 5.35. The summed E-state index contributed by atoms with van der Waals surface area (Å²) < 4.78 is 0. The summed E-state index contributed by atoms with van der Waals surface area (Å²) in [5.74, 6) is 0. The molecule has 1 aliphatic carbocycles. The molecule has 0 atom stereocenters. The molecule has 0 saturated carbocycles. The molecule has 0 spiro atoms. The van der Waals surface area contributed by atoms with Gasteiger partial charge in [-0.05, 0) is 42.4 Å². The number of hydrogen-bond donors (Lipinski definition) is 1. The summed E-state index contributed by atoms with van der Waals surface area (Å²) in [6.45, 7) is 4.83. The lowest BCUT2D eigenvalue weighted by molar-refractivity contribution is -0.106. The van der Waals surface area contributed by atoms with Crippen LogP contribution in [0.4, 0.5) is 0 Å². The van der Waals surface area contributed by atoms with E-state index in [1.807, 2.05) is 0 Å². The maximum Gasteiger partial charge on any atom is 0.0900 e. The summed E-state index contributed by atoms with van der Waals surface area (Å²) in [6, 6.07) is 6.94. The summed E-state index contributed by atoms with van der Waals surface area (Å²) in [6.07, 6.45) is 5.84. The van der Waals surface area contributed by atoms with Crippen LogP contribution in [0.5, 0.6) is 0 Å². The van der Waals surface area contributed by atoms with Crippen molar-refractivity contribution in [2.45, 2.75) is 51.2 Å². The Balaban J connectivity index is 1.59. The number of β-amino-alcohol motifs (C(OH)–C–C–N with tert-alkyl or cyclic N) is 1. The molecule has 1 aromatic carbocycles. The Hall–Kier alpha value is -0.860. The van der Waals surface area contributed by atoms with Gasteiger partial charge in [0.25, 0.3) is 0 Å². The van der Waals surface area contributed by atoms with Gasteiger partial charge in [0, 0.05) is 19.6 Å². The largest absolute Gasteiger partial charge is 0.387 e. The molecule has 1 fully saturated rings. The predicted molar refractivity (Wildman–Crippen MR) is 73.6 cm³/mol. The van der Waals surface area contributed by atoms with E-state index in [1.165, 1.54) is 24.8 Å². The molecule has 0 radical (unpaired) electrons. The quantitative estimate of drug-likeness (QED) is 0.881. The minimum Gasteiger partial charge on any atom is -0.387 e. The number of fused-ring (bicyclic) bond motifs is 1. The van der Waals surface area contributed by atoms with Gasteiger partial charge in [-0.15, -0.1) is 0 Å². The maximum atomic E-state index is 10.2. The van der Waals surface area contributed by atoms with E-state index in [0.29, 0.717) is 0 Å². The minimum atomic E-state index is -0.397. The topological polar surface area (TPSA) is 23.5 Å². The Kier molecular flexibility index (Phi) is 3.16. The van der Waals surface area contributed by atoms with Gasteiger partial charge >= 0.3 is 0 Å². The van der Waals surface area contributed by atoms with Crippen LogP contribution in [0.3, 0.4) is 0 Å². The molecule has 2 heteroatoms. The summed E-state index contributed by atoms with van der Waals surface area (Å²) >= 11 is 0. The van der Waals surface area contributed by atoms with Crippen LogP contribution in [0.25, 0.3) is 0 Å². The van der Waals surface area contributed by atoms with Gasteiger partial charge in [0.2, 0.25) is 0 Å². The second-order valence-electron chi connectivity index (χ2n) is 6.08. The van der Waals surface area contributed by atoms with Gasteiger partial charge in [-0.25, -0.2) is 0 Å². The number of rotatable bonds is 4. The molecule has 0 aromatic heterocycles. The van der Waals surface area contributed by atoms with Gasteiger partial charge in [0.15, 0.2) is 0 Å². The molecule has 2 aliphatic rings. The van der Waals surface area contributed by atoms with Gasteiger partial charge in [-0.2, -0.15) is 0 Å². The van der Waals surface area contributed by atoms with Gasteiger partial charge in [-0.3, -0.25) is 4.90 Å². The van der Waals surface area contributed by atoms with E-state index < -0.39 is 5.60 Å². The van der Waals surface area contributed by atoms with E-state index in [0.717, 1.165) is 32.5 Å². The molecule has 0 unspecified atom stereocenters. The lowest BCUT2D eigenvalue weighted by atomic mass is 9.89. The number of nitrogens with zero attached hydrogens (tertiary/aromatic N) is 1. The van der Waals surface area contributed by atoms with Crippen LogP contribution >= 0.6 is 0 Å². The Bertz CT molecular complexity index is 435. The number of hydrogen-bond acceptors (Lipinski definition) is 2. The second-order valence-corrected chi connectivity index (χ2v) is 6.08. The minimum absolute atomic E-state index is 0.397. The second kappa shape index (κ2) is 4.67. The molecule has 1 heterocycles. The summed E-state index contributed by atoms with van der Waals surface area (Å²) in [5, 5.41) is 10.2. The number of benzene rings is 1. The van der Waals surface area contributed by atoms with Crippen LogP contribution in [0.15, 0.2) is 18.2 Å². The maximum absolute atomic E-state index is 10.2. The highest BCUT2D eigenvalue weighted by Crippen LogP contribution is 2.28. The fourth-order valence-electron chi connectivity index (χ4n) is 3.50. The van der Waals surface area contributed by atoms with Gasteiger partial charge < -0.3 is 5.11 Å². The molecular weight excluding hydrogens is 222 g/mol. The third kappa shape index (κ3) is 2.32.